The predicted molar refractivity (Wildman–Crippen MR) is 89.4 cm³/mol. The highest BCUT2D eigenvalue weighted by Gasteiger charge is 2.45. The van der Waals surface area contributed by atoms with Gasteiger partial charge in [0.2, 0.25) is 0 Å². The summed E-state index contributed by atoms with van der Waals surface area (Å²) in [6, 6.07) is 9.36. The molecule has 1 saturated heterocycles. The van der Waals surface area contributed by atoms with Gasteiger partial charge in [0.15, 0.2) is 0 Å². The molecule has 5 rings (SSSR count). The quantitative estimate of drug-likeness (QED) is 0.947. The maximum Gasteiger partial charge on any atom is 0.134 e. The van der Waals surface area contributed by atoms with Crippen molar-refractivity contribution in [3.05, 3.63) is 35.5 Å². The normalized spacial score (nSPS) is 29.7. The van der Waals surface area contributed by atoms with Crippen LogP contribution in [0.25, 0.3) is 10.9 Å². The first-order valence-corrected chi connectivity index (χ1v) is 8.96. The highest BCUT2D eigenvalue weighted by molar-refractivity contribution is 5.86. The molecule has 3 unspecified atom stereocenters. The molecule has 0 radical (unpaired) electrons. The molecule has 0 bridgehead atoms. The van der Waals surface area contributed by atoms with Gasteiger partial charge in [-0.3, -0.25) is 4.90 Å². The van der Waals surface area contributed by atoms with Crippen LogP contribution in [-0.4, -0.2) is 40.9 Å². The average Bonchev–Trinajstić information content (AvgIpc) is 2.94. The van der Waals surface area contributed by atoms with Gasteiger partial charge >= 0.3 is 0 Å². The SMILES string of the molecule is OCCOC1CC2CCCN3CCc4c(n1c1ccccc41)C23. The number of aromatic nitrogens is 1. The molecule has 3 aliphatic heterocycles. The second kappa shape index (κ2) is 5.33. The van der Waals surface area contributed by atoms with Crippen LogP contribution in [-0.2, 0) is 11.2 Å². The van der Waals surface area contributed by atoms with E-state index in [0.29, 0.717) is 18.6 Å². The highest BCUT2D eigenvalue weighted by Crippen LogP contribution is 2.51. The van der Waals surface area contributed by atoms with E-state index in [2.05, 4.69) is 33.7 Å². The minimum Gasteiger partial charge on any atom is -0.394 e. The van der Waals surface area contributed by atoms with Gasteiger partial charge in [0, 0.05) is 17.6 Å². The van der Waals surface area contributed by atoms with E-state index in [-0.39, 0.29) is 12.8 Å². The number of aliphatic hydroxyl groups excluding tert-OH is 1. The van der Waals surface area contributed by atoms with Gasteiger partial charge in [-0.2, -0.15) is 0 Å². The van der Waals surface area contributed by atoms with Crippen LogP contribution in [0.5, 0.6) is 0 Å². The number of hydrogen-bond acceptors (Lipinski definition) is 3. The molecule has 122 valence electrons. The first-order chi connectivity index (χ1) is 11.4. The summed E-state index contributed by atoms with van der Waals surface area (Å²) < 4.78 is 8.54. The largest absolute Gasteiger partial charge is 0.394 e. The van der Waals surface area contributed by atoms with Gasteiger partial charge in [0.1, 0.15) is 6.23 Å². The first-order valence-electron chi connectivity index (χ1n) is 8.96. The van der Waals surface area contributed by atoms with Gasteiger partial charge in [-0.1, -0.05) is 18.2 Å². The lowest BCUT2D eigenvalue weighted by Crippen LogP contribution is -2.47. The van der Waals surface area contributed by atoms with Crippen molar-refractivity contribution in [3.8, 4) is 0 Å². The minimum atomic E-state index is 0.0788. The maximum atomic E-state index is 9.21. The Morgan fingerprint density at radius 3 is 3.04 bits per heavy atom. The Morgan fingerprint density at radius 1 is 1.22 bits per heavy atom. The van der Waals surface area contributed by atoms with Crippen LogP contribution in [0.4, 0.5) is 0 Å². The summed E-state index contributed by atoms with van der Waals surface area (Å²) >= 11 is 0. The Bertz CT molecular complexity index is 738. The lowest BCUT2D eigenvalue weighted by atomic mass is 9.78. The molecule has 0 spiro atoms. The maximum absolute atomic E-state index is 9.21. The van der Waals surface area contributed by atoms with Crippen LogP contribution in [0.3, 0.4) is 0 Å². The predicted octanol–water partition coefficient (Wildman–Crippen LogP) is 2.86. The summed E-state index contributed by atoms with van der Waals surface area (Å²) in [6.07, 6.45) is 4.92. The third-order valence-corrected chi connectivity index (χ3v) is 6.04. The molecule has 1 N–H and O–H groups in total. The minimum absolute atomic E-state index is 0.0788. The second-order valence-corrected chi connectivity index (χ2v) is 7.17. The Morgan fingerprint density at radius 2 is 2.13 bits per heavy atom. The number of para-hydroxylation sites is 1. The highest BCUT2D eigenvalue weighted by atomic mass is 16.5. The van der Waals surface area contributed by atoms with E-state index in [1.54, 1.807) is 5.56 Å². The molecular weight excluding hydrogens is 288 g/mol. The molecule has 1 fully saturated rings. The van der Waals surface area contributed by atoms with Crippen molar-refractivity contribution < 1.29 is 9.84 Å². The van der Waals surface area contributed by atoms with Crippen LogP contribution >= 0.6 is 0 Å². The molecule has 0 amide bonds. The van der Waals surface area contributed by atoms with E-state index in [1.807, 2.05) is 0 Å². The molecule has 1 aromatic carbocycles. The summed E-state index contributed by atoms with van der Waals surface area (Å²) in [7, 11) is 0. The summed E-state index contributed by atoms with van der Waals surface area (Å²) in [6.45, 7) is 2.96. The zero-order valence-electron chi connectivity index (χ0n) is 13.4. The second-order valence-electron chi connectivity index (χ2n) is 7.17. The van der Waals surface area contributed by atoms with Gasteiger partial charge < -0.3 is 14.4 Å². The van der Waals surface area contributed by atoms with Crippen molar-refractivity contribution in [3.63, 3.8) is 0 Å². The van der Waals surface area contributed by atoms with E-state index in [9.17, 15) is 5.11 Å². The summed E-state index contributed by atoms with van der Waals surface area (Å²) in [5.74, 6) is 0.698. The summed E-state index contributed by atoms with van der Waals surface area (Å²) in [5.41, 5.74) is 4.37. The number of fused-ring (bicyclic) bond motifs is 3. The molecule has 23 heavy (non-hydrogen) atoms. The number of nitrogens with zero attached hydrogens (tertiary/aromatic N) is 2. The van der Waals surface area contributed by atoms with Crippen LogP contribution in [0.15, 0.2) is 24.3 Å². The lowest BCUT2D eigenvalue weighted by molar-refractivity contribution is -0.0673. The van der Waals surface area contributed by atoms with Crippen LogP contribution in [0, 0.1) is 5.92 Å². The van der Waals surface area contributed by atoms with Crippen LogP contribution < -0.4 is 0 Å². The van der Waals surface area contributed by atoms with Crippen molar-refractivity contribution in [2.45, 2.75) is 38.0 Å². The molecule has 3 aliphatic rings. The van der Waals surface area contributed by atoms with E-state index in [0.717, 1.165) is 12.8 Å². The van der Waals surface area contributed by atoms with E-state index < -0.39 is 0 Å². The van der Waals surface area contributed by atoms with E-state index in [4.69, 9.17) is 4.74 Å². The molecule has 2 aromatic rings. The zero-order chi connectivity index (χ0) is 15.4. The standard InChI is InChI=1S/C19H24N2O2/c22-10-11-23-17-12-13-4-3-8-20-9-7-15-14-5-1-2-6-16(14)21(17)19(15)18(13)20/h1-2,5-6,13,17-18,22H,3-4,7-12H2. The number of benzene rings is 1. The third-order valence-electron chi connectivity index (χ3n) is 6.04. The Kier molecular flexibility index (Phi) is 3.25. The topological polar surface area (TPSA) is 37.6 Å². The van der Waals surface area contributed by atoms with Crippen molar-refractivity contribution in [2.24, 2.45) is 5.92 Å². The summed E-state index contributed by atoms with van der Waals surface area (Å²) in [5, 5.41) is 10.6. The van der Waals surface area contributed by atoms with Crippen LogP contribution in [0.2, 0.25) is 0 Å². The summed E-state index contributed by atoms with van der Waals surface area (Å²) in [4.78, 5) is 2.70. The molecule has 3 atom stereocenters. The molecule has 4 heterocycles. The number of hydrogen-bond donors (Lipinski definition) is 1. The molecule has 1 aromatic heterocycles. The zero-order valence-corrected chi connectivity index (χ0v) is 13.4. The number of rotatable bonds is 3. The van der Waals surface area contributed by atoms with Gasteiger partial charge in [-0.25, -0.2) is 0 Å². The molecular formula is C19H24N2O2. The molecule has 0 aliphatic carbocycles. The molecule has 4 heteroatoms. The lowest BCUT2D eigenvalue weighted by Gasteiger charge is -2.49. The van der Waals surface area contributed by atoms with E-state index >= 15 is 0 Å². The number of ether oxygens (including phenoxy) is 1. The van der Waals surface area contributed by atoms with Crippen molar-refractivity contribution >= 4 is 10.9 Å². The van der Waals surface area contributed by atoms with Gasteiger partial charge in [0.05, 0.1) is 24.8 Å². The van der Waals surface area contributed by atoms with E-state index in [1.165, 1.54) is 42.5 Å². The number of piperidine rings is 1. The third kappa shape index (κ3) is 1.95. The Balaban J connectivity index is 1.73. The average molecular weight is 312 g/mol. The van der Waals surface area contributed by atoms with Crippen molar-refractivity contribution in [2.75, 3.05) is 26.3 Å². The smallest absolute Gasteiger partial charge is 0.134 e. The Labute approximate surface area is 136 Å². The monoisotopic (exact) mass is 312 g/mol. The molecule has 0 saturated carbocycles. The van der Waals surface area contributed by atoms with Gasteiger partial charge in [0.25, 0.3) is 0 Å². The fraction of sp³-hybridized carbons (Fsp3) is 0.579. The fourth-order valence-corrected chi connectivity index (χ4v) is 5.24. The van der Waals surface area contributed by atoms with Crippen molar-refractivity contribution in [1.82, 2.24) is 9.47 Å². The van der Waals surface area contributed by atoms with Gasteiger partial charge in [-0.15, -0.1) is 0 Å². The fourth-order valence-electron chi connectivity index (χ4n) is 5.24. The van der Waals surface area contributed by atoms with Gasteiger partial charge in [-0.05, 0) is 49.8 Å². The molecule has 4 nitrogen and oxygen atoms in total. The Hall–Kier alpha value is -1.36. The van der Waals surface area contributed by atoms with Crippen molar-refractivity contribution in [1.29, 1.82) is 0 Å². The van der Waals surface area contributed by atoms with Crippen LogP contribution in [0.1, 0.15) is 42.8 Å². The number of aliphatic hydroxyl groups is 1. The first kappa shape index (κ1) is 14.0.